The van der Waals surface area contributed by atoms with Crippen molar-refractivity contribution >= 4 is 28.1 Å². The van der Waals surface area contributed by atoms with Crippen LogP contribution in [-0.4, -0.2) is 28.2 Å². The van der Waals surface area contributed by atoms with Gasteiger partial charge in [-0.05, 0) is 73.4 Å². The van der Waals surface area contributed by atoms with E-state index in [-0.39, 0.29) is 5.92 Å². The molecule has 1 aliphatic rings. The summed E-state index contributed by atoms with van der Waals surface area (Å²) in [6.45, 7) is 0. The van der Waals surface area contributed by atoms with Gasteiger partial charge in [-0.3, -0.25) is 0 Å². The molecule has 0 spiro atoms. The van der Waals surface area contributed by atoms with Gasteiger partial charge in [0.25, 0.3) is 0 Å². The van der Waals surface area contributed by atoms with Crippen LogP contribution < -0.4 is 9.80 Å². The van der Waals surface area contributed by atoms with Gasteiger partial charge in [-0.1, -0.05) is 212 Å². The first-order valence-electron chi connectivity index (χ1n) is 20.9. The fraction of sp³-hybridized carbons (Fsp3) is 0.103. The van der Waals surface area contributed by atoms with Crippen LogP contribution in [0.5, 0.6) is 0 Å². The van der Waals surface area contributed by atoms with Crippen molar-refractivity contribution in [3.05, 3.63) is 258 Å². The minimum absolute atomic E-state index is 0.0761. The molecule has 60 heavy (non-hydrogen) atoms. The third-order valence-corrected chi connectivity index (χ3v) is 12.2. The van der Waals surface area contributed by atoms with Gasteiger partial charge in [-0.2, -0.15) is 0 Å². The van der Waals surface area contributed by atoms with Crippen molar-refractivity contribution in [3.63, 3.8) is 0 Å². The Morgan fingerprint density at radius 1 is 0.350 bits per heavy atom. The maximum absolute atomic E-state index is 2.58. The average molecular weight is 775 g/mol. The van der Waals surface area contributed by atoms with Crippen molar-refractivity contribution in [2.75, 3.05) is 38.0 Å². The molecule has 292 valence electrons. The molecule has 2 unspecified atom stereocenters. The molecule has 0 saturated heterocycles. The number of nitrogens with zero attached hydrogens (tertiary/aromatic N) is 2. The minimum Gasteiger partial charge on any atom is -0.377 e. The second-order valence-corrected chi connectivity index (χ2v) is 16.1. The van der Waals surface area contributed by atoms with Crippen molar-refractivity contribution in [2.24, 2.45) is 0 Å². The van der Waals surface area contributed by atoms with E-state index in [9.17, 15) is 0 Å². The van der Waals surface area contributed by atoms with E-state index in [2.05, 4.69) is 262 Å². The lowest BCUT2D eigenvalue weighted by Crippen LogP contribution is -2.38. The van der Waals surface area contributed by atoms with Crippen molar-refractivity contribution in [2.45, 2.75) is 11.3 Å². The first-order chi connectivity index (χ1) is 29.4. The van der Waals surface area contributed by atoms with Gasteiger partial charge in [0.15, 0.2) is 0 Å². The fourth-order valence-electron chi connectivity index (χ4n) is 9.46. The maximum atomic E-state index is 2.58. The van der Waals surface area contributed by atoms with Crippen LogP contribution in [0, 0.1) is 0 Å². The van der Waals surface area contributed by atoms with Crippen LogP contribution in [-0.2, 0) is 5.41 Å². The van der Waals surface area contributed by atoms with E-state index < -0.39 is 5.41 Å². The lowest BCUT2D eigenvalue weighted by Gasteiger charge is -2.48. The van der Waals surface area contributed by atoms with Gasteiger partial charge < -0.3 is 9.80 Å². The Hall–Kier alpha value is -7.16. The number of benzene rings is 8. The van der Waals surface area contributed by atoms with Crippen LogP contribution in [0.1, 0.15) is 39.3 Å². The van der Waals surface area contributed by atoms with E-state index in [4.69, 9.17) is 0 Å². The van der Waals surface area contributed by atoms with E-state index in [1.54, 1.807) is 0 Å². The molecule has 2 atom stereocenters. The number of para-hydroxylation sites is 2. The molecule has 8 aromatic carbocycles. The van der Waals surface area contributed by atoms with Crippen molar-refractivity contribution < 1.29 is 0 Å². The molecule has 0 amide bonds. The highest BCUT2D eigenvalue weighted by Gasteiger charge is 2.50. The molecule has 8 aromatic rings. The molecule has 0 heterocycles. The largest absolute Gasteiger partial charge is 0.377 e. The summed E-state index contributed by atoms with van der Waals surface area (Å²) < 4.78 is 0. The predicted octanol–water partition coefficient (Wildman–Crippen LogP) is 13.9. The fourth-order valence-corrected chi connectivity index (χ4v) is 9.46. The summed E-state index contributed by atoms with van der Waals surface area (Å²) in [5.41, 5.74) is 17.7. The van der Waals surface area contributed by atoms with E-state index in [0.29, 0.717) is 0 Å². The Morgan fingerprint density at radius 3 is 1.27 bits per heavy atom. The number of hydrogen-bond acceptors (Lipinski definition) is 2. The molecule has 9 rings (SSSR count). The first-order valence-corrected chi connectivity index (χ1v) is 20.9. The molecule has 0 fully saturated rings. The molecule has 0 aliphatic heterocycles. The molecule has 0 N–H and O–H groups in total. The summed E-state index contributed by atoms with van der Waals surface area (Å²) in [5, 5.41) is 0. The quantitative estimate of drug-likeness (QED) is 0.137. The highest BCUT2D eigenvalue weighted by Crippen LogP contribution is 2.61. The molecular formula is C58H50N2. The Labute approximate surface area is 356 Å². The van der Waals surface area contributed by atoms with E-state index in [1.165, 1.54) is 83.7 Å². The van der Waals surface area contributed by atoms with Crippen LogP contribution in [0.3, 0.4) is 0 Å². The standard InChI is InChI=1S/C58H50N2/c1-59(2)54-31-19-17-29-50(54)42-33-35-44(36-34-42)52-41-53(45-21-9-5-10-22-45)58(48-27-15-8-16-28-48,49-39-37-43(38-40-49)51-30-18-20-32-55(51)60(3)4)57(47-25-13-7-14-26-47)56(52)46-23-11-6-12-24-46/h5-41,53H,1-4H3. The third kappa shape index (κ3) is 6.95. The predicted molar refractivity (Wildman–Crippen MR) is 256 cm³/mol. The summed E-state index contributed by atoms with van der Waals surface area (Å²) in [5.74, 6) is -0.0761. The Morgan fingerprint density at radius 2 is 0.750 bits per heavy atom. The highest BCUT2D eigenvalue weighted by molar-refractivity contribution is 6.19. The molecule has 2 nitrogen and oxygen atoms in total. The van der Waals surface area contributed by atoms with Crippen LogP contribution in [0.4, 0.5) is 11.4 Å². The number of anilines is 2. The average Bonchev–Trinajstić information content (AvgIpc) is 3.32. The smallest absolute Gasteiger partial charge is 0.0566 e. The van der Waals surface area contributed by atoms with Crippen LogP contribution in [0.15, 0.2) is 224 Å². The van der Waals surface area contributed by atoms with Gasteiger partial charge in [-0.25, -0.2) is 0 Å². The zero-order chi connectivity index (χ0) is 41.1. The SMILES string of the molecule is CN(C)c1ccccc1-c1ccc(C2=CC(c3ccccc3)C(c3ccccc3)(c3ccc(-c4ccccc4N(C)C)cc3)C(c3ccccc3)=C2c2ccccc2)cc1. The molecule has 2 heteroatoms. The lowest BCUT2D eigenvalue weighted by atomic mass is 9.53. The van der Waals surface area contributed by atoms with Crippen molar-refractivity contribution in [3.8, 4) is 22.3 Å². The Balaban J connectivity index is 1.37. The summed E-state index contributed by atoms with van der Waals surface area (Å²) in [6, 6.07) is 80.6. The molecule has 0 radical (unpaired) electrons. The van der Waals surface area contributed by atoms with Crippen molar-refractivity contribution in [1.82, 2.24) is 0 Å². The third-order valence-electron chi connectivity index (χ3n) is 12.2. The molecule has 0 saturated carbocycles. The number of rotatable bonds is 10. The number of allylic oxidation sites excluding steroid dienone is 4. The Bertz CT molecular complexity index is 2770. The minimum atomic E-state index is -0.636. The second-order valence-electron chi connectivity index (χ2n) is 16.1. The molecule has 1 aliphatic carbocycles. The summed E-state index contributed by atoms with van der Waals surface area (Å²) in [4.78, 5) is 4.39. The zero-order valence-corrected chi connectivity index (χ0v) is 34.8. The second kappa shape index (κ2) is 16.6. The van der Waals surface area contributed by atoms with Crippen molar-refractivity contribution in [1.29, 1.82) is 0 Å². The van der Waals surface area contributed by atoms with Gasteiger partial charge in [0.05, 0.1) is 5.41 Å². The summed E-state index contributed by atoms with van der Waals surface area (Å²) in [6.07, 6.45) is 2.58. The molecule has 0 aromatic heterocycles. The molecular weight excluding hydrogens is 725 g/mol. The first kappa shape index (κ1) is 38.4. The van der Waals surface area contributed by atoms with Gasteiger partial charge in [-0.15, -0.1) is 0 Å². The van der Waals surface area contributed by atoms with E-state index >= 15 is 0 Å². The van der Waals surface area contributed by atoms with Crippen LogP contribution >= 0.6 is 0 Å². The topological polar surface area (TPSA) is 6.48 Å². The molecule has 0 bridgehead atoms. The zero-order valence-electron chi connectivity index (χ0n) is 34.8. The number of hydrogen-bond donors (Lipinski definition) is 0. The van der Waals surface area contributed by atoms with Crippen LogP contribution in [0.2, 0.25) is 0 Å². The van der Waals surface area contributed by atoms with Gasteiger partial charge in [0.1, 0.15) is 0 Å². The normalized spacial score (nSPS) is 16.3. The summed E-state index contributed by atoms with van der Waals surface area (Å²) >= 11 is 0. The maximum Gasteiger partial charge on any atom is 0.0566 e. The van der Waals surface area contributed by atoms with Crippen LogP contribution in [0.25, 0.3) is 39.0 Å². The van der Waals surface area contributed by atoms with Gasteiger partial charge in [0, 0.05) is 56.6 Å². The van der Waals surface area contributed by atoms with E-state index in [0.717, 1.165) is 0 Å². The van der Waals surface area contributed by atoms with Gasteiger partial charge in [0.2, 0.25) is 0 Å². The lowest BCUT2D eigenvalue weighted by molar-refractivity contribution is 0.587. The summed E-state index contributed by atoms with van der Waals surface area (Å²) in [7, 11) is 8.46. The monoisotopic (exact) mass is 774 g/mol. The van der Waals surface area contributed by atoms with Gasteiger partial charge >= 0.3 is 0 Å². The Kier molecular flexibility index (Phi) is 10.6. The van der Waals surface area contributed by atoms with E-state index in [1.807, 2.05) is 0 Å². The highest BCUT2D eigenvalue weighted by atomic mass is 15.1.